The van der Waals surface area contributed by atoms with Crippen LogP contribution in [-0.2, 0) is 9.59 Å². The highest BCUT2D eigenvalue weighted by atomic mass is 16.2. The van der Waals surface area contributed by atoms with Gasteiger partial charge in [-0.3, -0.25) is 14.5 Å². The molecule has 146 valence electrons. The van der Waals surface area contributed by atoms with Crippen LogP contribution in [0.5, 0.6) is 0 Å². The Bertz CT molecular complexity index is 818. The SMILES string of the molecule is O=C(Nc1cnc(-c2ccccc2)nc1)C(=O)N1CCC[C@H](N2CCCC2)C1. The Balaban J connectivity index is 1.35. The molecule has 0 bridgehead atoms. The second-order valence-corrected chi connectivity index (χ2v) is 7.41. The van der Waals surface area contributed by atoms with Crippen LogP contribution >= 0.6 is 0 Å². The summed E-state index contributed by atoms with van der Waals surface area (Å²) in [6, 6.07) is 9.98. The number of piperidine rings is 1. The number of anilines is 1. The summed E-state index contributed by atoms with van der Waals surface area (Å²) < 4.78 is 0. The quantitative estimate of drug-likeness (QED) is 0.827. The van der Waals surface area contributed by atoms with Crippen LogP contribution in [0, 0.1) is 0 Å². The molecule has 3 heterocycles. The summed E-state index contributed by atoms with van der Waals surface area (Å²) in [4.78, 5) is 37.7. The Morgan fingerprint density at radius 3 is 2.39 bits per heavy atom. The van der Waals surface area contributed by atoms with Crippen molar-refractivity contribution in [2.75, 3.05) is 31.5 Å². The summed E-state index contributed by atoms with van der Waals surface area (Å²) >= 11 is 0. The smallest absolute Gasteiger partial charge is 0.313 e. The van der Waals surface area contributed by atoms with Crippen molar-refractivity contribution in [1.29, 1.82) is 0 Å². The highest BCUT2D eigenvalue weighted by molar-refractivity contribution is 6.39. The van der Waals surface area contributed by atoms with Crippen molar-refractivity contribution in [3.8, 4) is 11.4 Å². The van der Waals surface area contributed by atoms with Crippen molar-refractivity contribution >= 4 is 17.5 Å². The maximum atomic E-state index is 12.6. The molecule has 0 radical (unpaired) electrons. The summed E-state index contributed by atoms with van der Waals surface area (Å²) in [5.74, 6) is -0.524. The largest absolute Gasteiger partial charge is 0.333 e. The molecule has 0 unspecified atom stereocenters. The van der Waals surface area contributed by atoms with Crippen LogP contribution in [0.15, 0.2) is 42.7 Å². The minimum atomic E-state index is -0.627. The van der Waals surface area contributed by atoms with Crippen LogP contribution in [0.2, 0.25) is 0 Å². The third-order valence-electron chi connectivity index (χ3n) is 5.48. The fourth-order valence-electron chi connectivity index (χ4n) is 4.00. The van der Waals surface area contributed by atoms with Gasteiger partial charge in [0.25, 0.3) is 0 Å². The molecule has 1 aromatic carbocycles. The molecule has 2 saturated heterocycles. The lowest BCUT2D eigenvalue weighted by Gasteiger charge is -2.37. The van der Waals surface area contributed by atoms with Crippen LogP contribution in [-0.4, -0.2) is 63.8 Å². The van der Waals surface area contributed by atoms with E-state index in [9.17, 15) is 9.59 Å². The third kappa shape index (κ3) is 4.20. The molecule has 28 heavy (non-hydrogen) atoms. The van der Waals surface area contributed by atoms with Crippen molar-refractivity contribution in [3.05, 3.63) is 42.7 Å². The molecule has 7 nitrogen and oxygen atoms in total. The number of carbonyl (C=O) groups is 2. The lowest BCUT2D eigenvalue weighted by atomic mass is 10.0. The molecule has 2 aliphatic heterocycles. The molecule has 2 amide bonds. The number of aromatic nitrogens is 2. The number of hydrogen-bond donors (Lipinski definition) is 1. The summed E-state index contributed by atoms with van der Waals surface area (Å²) in [5, 5.41) is 2.63. The number of amides is 2. The van der Waals surface area contributed by atoms with Gasteiger partial charge in [-0.2, -0.15) is 0 Å². The van der Waals surface area contributed by atoms with Gasteiger partial charge in [0.15, 0.2) is 5.82 Å². The lowest BCUT2D eigenvalue weighted by Crippen LogP contribution is -2.51. The van der Waals surface area contributed by atoms with Crippen molar-refractivity contribution in [3.63, 3.8) is 0 Å². The van der Waals surface area contributed by atoms with Gasteiger partial charge in [-0.05, 0) is 38.8 Å². The molecular formula is C21H25N5O2. The fourth-order valence-corrected chi connectivity index (χ4v) is 4.00. The van der Waals surface area contributed by atoms with Crippen LogP contribution in [0.3, 0.4) is 0 Å². The van der Waals surface area contributed by atoms with Crippen molar-refractivity contribution in [2.45, 2.75) is 31.7 Å². The number of nitrogens with zero attached hydrogens (tertiary/aromatic N) is 4. The standard InChI is InChI=1S/C21H25N5O2/c27-20(21(28)26-12-6-9-18(15-26)25-10-4-5-11-25)24-17-13-22-19(23-14-17)16-7-2-1-3-8-16/h1-3,7-8,13-14,18H,4-6,9-12,15H2,(H,24,27)/t18-/m0/s1. The molecule has 0 spiro atoms. The summed E-state index contributed by atoms with van der Waals surface area (Å²) in [6.07, 6.45) is 7.55. The Morgan fingerprint density at radius 1 is 0.964 bits per heavy atom. The van der Waals surface area contributed by atoms with E-state index in [1.54, 1.807) is 4.90 Å². The first-order valence-electron chi connectivity index (χ1n) is 9.92. The zero-order valence-corrected chi connectivity index (χ0v) is 15.9. The minimum Gasteiger partial charge on any atom is -0.333 e. The topological polar surface area (TPSA) is 78.4 Å². The second-order valence-electron chi connectivity index (χ2n) is 7.41. The maximum Gasteiger partial charge on any atom is 0.313 e. The van der Waals surface area contributed by atoms with Crippen molar-refractivity contribution < 1.29 is 9.59 Å². The molecule has 1 atom stereocenters. The van der Waals surface area contributed by atoms with E-state index < -0.39 is 11.8 Å². The molecule has 0 aliphatic carbocycles. The van der Waals surface area contributed by atoms with E-state index >= 15 is 0 Å². The van der Waals surface area contributed by atoms with E-state index in [1.165, 1.54) is 25.2 Å². The Hall–Kier alpha value is -2.80. The number of benzene rings is 1. The molecule has 2 aromatic rings. The average molecular weight is 379 g/mol. The van der Waals surface area contributed by atoms with Gasteiger partial charge in [0, 0.05) is 24.7 Å². The molecule has 1 N–H and O–H groups in total. The zero-order chi connectivity index (χ0) is 19.3. The molecular weight excluding hydrogens is 354 g/mol. The van der Waals surface area contributed by atoms with Gasteiger partial charge < -0.3 is 10.2 Å². The van der Waals surface area contributed by atoms with E-state index in [2.05, 4.69) is 20.2 Å². The number of carbonyl (C=O) groups excluding carboxylic acids is 2. The lowest BCUT2D eigenvalue weighted by molar-refractivity contribution is -0.144. The first-order chi connectivity index (χ1) is 13.7. The predicted octanol–water partition coefficient (Wildman–Crippen LogP) is 2.17. The first-order valence-corrected chi connectivity index (χ1v) is 9.92. The van der Waals surface area contributed by atoms with E-state index in [0.29, 0.717) is 30.6 Å². The second kappa shape index (κ2) is 8.48. The molecule has 2 fully saturated rings. The first kappa shape index (κ1) is 18.6. The van der Waals surface area contributed by atoms with Gasteiger partial charge in [0.1, 0.15) is 0 Å². The molecule has 2 aliphatic rings. The monoisotopic (exact) mass is 379 g/mol. The summed E-state index contributed by atoms with van der Waals surface area (Å²) in [6.45, 7) is 3.48. The van der Waals surface area contributed by atoms with Gasteiger partial charge in [-0.1, -0.05) is 30.3 Å². The van der Waals surface area contributed by atoms with Gasteiger partial charge in [0.05, 0.1) is 18.1 Å². The van der Waals surface area contributed by atoms with Crippen LogP contribution in [0.25, 0.3) is 11.4 Å². The van der Waals surface area contributed by atoms with Crippen molar-refractivity contribution in [1.82, 2.24) is 19.8 Å². The normalized spacial score (nSPS) is 20.1. The highest BCUT2D eigenvalue weighted by Crippen LogP contribution is 2.21. The Kier molecular flexibility index (Phi) is 5.62. The number of likely N-dealkylation sites (tertiary alicyclic amines) is 2. The van der Waals surface area contributed by atoms with E-state index in [4.69, 9.17) is 0 Å². The molecule has 1 aromatic heterocycles. The molecule has 0 saturated carbocycles. The molecule has 4 rings (SSSR count). The van der Waals surface area contributed by atoms with Crippen molar-refractivity contribution in [2.24, 2.45) is 0 Å². The van der Waals surface area contributed by atoms with E-state index in [0.717, 1.165) is 31.5 Å². The predicted molar refractivity (Wildman–Crippen MR) is 107 cm³/mol. The molecule has 7 heteroatoms. The van der Waals surface area contributed by atoms with E-state index in [-0.39, 0.29) is 0 Å². The average Bonchev–Trinajstić information content (AvgIpc) is 3.29. The Morgan fingerprint density at radius 2 is 1.68 bits per heavy atom. The van der Waals surface area contributed by atoms with Crippen LogP contribution < -0.4 is 5.32 Å². The maximum absolute atomic E-state index is 12.6. The van der Waals surface area contributed by atoms with Gasteiger partial charge in [-0.25, -0.2) is 9.97 Å². The zero-order valence-electron chi connectivity index (χ0n) is 15.9. The van der Waals surface area contributed by atoms with E-state index in [1.807, 2.05) is 30.3 Å². The van der Waals surface area contributed by atoms with Gasteiger partial charge in [0.2, 0.25) is 0 Å². The summed E-state index contributed by atoms with van der Waals surface area (Å²) in [7, 11) is 0. The Labute approximate surface area is 164 Å². The highest BCUT2D eigenvalue weighted by Gasteiger charge is 2.31. The summed E-state index contributed by atoms with van der Waals surface area (Å²) in [5.41, 5.74) is 1.32. The fraction of sp³-hybridized carbons (Fsp3) is 0.429. The number of nitrogens with one attached hydrogen (secondary N) is 1. The number of hydrogen-bond acceptors (Lipinski definition) is 5. The van der Waals surface area contributed by atoms with Crippen LogP contribution in [0.1, 0.15) is 25.7 Å². The third-order valence-corrected chi connectivity index (χ3v) is 5.48. The number of rotatable bonds is 3. The van der Waals surface area contributed by atoms with Gasteiger partial charge >= 0.3 is 11.8 Å². The van der Waals surface area contributed by atoms with Gasteiger partial charge in [-0.15, -0.1) is 0 Å². The van der Waals surface area contributed by atoms with Crippen LogP contribution in [0.4, 0.5) is 5.69 Å². The minimum absolute atomic E-state index is 0.376.